The number of para-hydroxylation sites is 2. The van der Waals surface area contributed by atoms with Crippen LogP contribution in [0, 0.1) is 0 Å². The molecular formula is C56H34N2S2. The summed E-state index contributed by atoms with van der Waals surface area (Å²) in [6.45, 7) is 0. The van der Waals surface area contributed by atoms with E-state index in [1.54, 1.807) is 0 Å². The number of anilines is 3. The molecule has 13 aromatic rings. The highest BCUT2D eigenvalue weighted by Crippen LogP contribution is 2.46. The summed E-state index contributed by atoms with van der Waals surface area (Å²) in [4.78, 5) is 2.43. The minimum absolute atomic E-state index is 1.12. The zero-order chi connectivity index (χ0) is 39.3. The third-order valence-corrected chi connectivity index (χ3v) is 14.8. The van der Waals surface area contributed by atoms with Crippen LogP contribution in [0.2, 0.25) is 0 Å². The SMILES string of the molecule is c1ccc(-n2c3ccccc3c3ccc(-c4ccc(N(c5ccc6c(c5)sc5c7ccccc7ccc65)c5ccc6c(c5)sc5c7ccccc7ccc65)cc4)cc32)cc1. The fourth-order valence-corrected chi connectivity index (χ4v) is 12.1. The highest BCUT2D eigenvalue weighted by Gasteiger charge is 2.19. The monoisotopic (exact) mass is 798 g/mol. The second-order valence-electron chi connectivity index (χ2n) is 15.7. The summed E-state index contributed by atoms with van der Waals surface area (Å²) in [7, 11) is 0. The van der Waals surface area contributed by atoms with Crippen molar-refractivity contribution in [1.82, 2.24) is 4.57 Å². The maximum absolute atomic E-state index is 2.43. The number of hydrogen-bond acceptors (Lipinski definition) is 3. The lowest BCUT2D eigenvalue weighted by atomic mass is 10.0. The van der Waals surface area contributed by atoms with Crippen molar-refractivity contribution in [2.45, 2.75) is 0 Å². The Kier molecular flexibility index (Phi) is 7.38. The van der Waals surface area contributed by atoms with Gasteiger partial charge in [-0.2, -0.15) is 0 Å². The lowest BCUT2D eigenvalue weighted by molar-refractivity contribution is 1.18. The average Bonchev–Trinajstić information content (AvgIpc) is 3.99. The number of benzene rings is 10. The minimum Gasteiger partial charge on any atom is -0.310 e. The molecule has 4 heteroatoms. The zero-order valence-corrected chi connectivity index (χ0v) is 34.0. The molecule has 2 nitrogen and oxygen atoms in total. The van der Waals surface area contributed by atoms with E-state index >= 15 is 0 Å². The molecule has 0 saturated carbocycles. The summed E-state index contributed by atoms with van der Waals surface area (Å²) in [6.07, 6.45) is 0. The van der Waals surface area contributed by atoms with Crippen LogP contribution in [0.3, 0.4) is 0 Å². The van der Waals surface area contributed by atoms with Gasteiger partial charge in [-0.25, -0.2) is 0 Å². The Hall–Kier alpha value is -7.24. The molecule has 0 aliphatic rings. The summed E-state index contributed by atoms with van der Waals surface area (Å²) in [5, 5.41) is 13.0. The molecule has 10 aromatic carbocycles. The van der Waals surface area contributed by atoms with E-state index in [-0.39, 0.29) is 0 Å². The van der Waals surface area contributed by atoms with Crippen LogP contribution in [0.15, 0.2) is 206 Å². The van der Waals surface area contributed by atoms with Crippen molar-refractivity contribution in [2.75, 3.05) is 4.90 Å². The van der Waals surface area contributed by atoms with Gasteiger partial charge in [0.2, 0.25) is 0 Å². The lowest BCUT2D eigenvalue weighted by Crippen LogP contribution is -2.09. The third kappa shape index (κ3) is 5.11. The maximum Gasteiger partial charge on any atom is 0.0547 e. The maximum atomic E-state index is 2.43. The van der Waals surface area contributed by atoms with Crippen LogP contribution in [0.5, 0.6) is 0 Å². The van der Waals surface area contributed by atoms with E-state index < -0.39 is 0 Å². The van der Waals surface area contributed by atoms with Crippen LogP contribution in [-0.4, -0.2) is 4.57 Å². The first-order valence-corrected chi connectivity index (χ1v) is 22.0. The normalized spacial score (nSPS) is 12.0. The molecule has 0 atom stereocenters. The molecule has 0 aliphatic carbocycles. The summed E-state index contributed by atoms with van der Waals surface area (Å²) < 4.78 is 7.66. The molecule has 3 aromatic heterocycles. The van der Waals surface area contributed by atoms with E-state index in [4.69, 9.17) is 0 Å². The van der Waals surface area contributed by atoms with Gasteiger partial charge >= 0.3 is 0 Å². The Morgan fingerprint density at radius 3 is 1.43 bits per heavy atom. The number of fused-ring (bicyclic) bond motifs is 13. The van der Waals surface area contributed by atoms with Gasteiger partial charge < -0.3 is 9.47 Å². The largest absolute Gasteiger partial charge is 0.310 e. The predicted octanol–water partition coefficient (Wildman–Crippen LogP) is 17.0. The van der Waals surface area contributed by atoms with E-state index in [1.165, 1.54) is 101 Å². The molecule has 0 amide bonds. The third-order valence-electron chi connectivity index (χ3n) is 12.4. The molecule has 3 heterocycles. The molecule has 60 heavy (non-hydrogen) atoms. The van der Waals surface area contributed by atoms with Crippen LogP contribution in [-0.2, 0) is 0 Å². The van der Waals surface area contributed by atoms with Gasteiger partial charge in [-0.15, -0.1) is 22.7 Å². The van der Waals surface area contributed by atoms with Gasteiger partial charge in [0.1, 0.15) is 0 Å². The number of rotatable bonds is 5. The molecule has 0 aliphatic heterocycles. The van der Waals surface area contributed by atoms with Gasteiger partial charge in [0.25, 0.3) is 0 Å². The quantitative estimate of drug-likeness (QED) is 0.168. The molecule has 0 bridgehead atoms. The molecular weight excluding hydrogens is 765 g/mol. The van der Waals surface area contributed by atoms with Crippen molar-refractivity contribution in [3.8, 4) is 16.8 Å². The van der Waals surface area contributed by atoms with Gasteiger partial charge in [-0.1, -0.05) is 146 Å². The minimum atomic E-state index is 1.12. The van der Waals surface area contributed by atoms with E-state index in [2.05, 4.69) is 216 Å². The summed E-state index contributed by atoms with van der Waals surface area (Å²) in [5.41, 5.74) is 9.38. The first kappa shape index (κ1) is 33.7. The van der Waals surface area contributed by atoms with Gasteiger partial charge in [-0.3, -0.25) is 0 Å². The first-order valence-electron chi connectivity index (χ1n) is 20.4. The van der Waals surface area contributed by atoms with E-state index in [0.29, 0.717) is 0 Å². The highest BCUT2D eigenvalue weighted by atomic mass is 32.1. The summed E-state index contributed by atoms with van der Waals surface area (Å²) in [5.74, 6) is 0. The molecule has 280 valence electrons. The van der Waals surface area contributed by atoms with Gasteiger partial charge in [0.15, 0.2) is 0 Å². The smallest absolute Gasteiger partial charge is 0.0547 e. The first-order chi connectivity index (χ1) is 29.7. The standard InChI is InChI=1S/C56H34N2S2/c1-2-12-39(13-3-1)58-51-17-9-8-16-45(51)46-27-22-38(32-52(46)58)35-18-23-40(24-19-35)57(41-25-30-47-49-28-20-36-10-4-6-14-43(36)55(49)59-53(47)33-41)42-26-31-48-50-29-21-37-11-5-7-15-44(37)56(50)60-54(48)34-42/h1-34H. The number of thiophene rings is 2. The second-order valence-corrected chi connectivity index (χ2v) is 17.8. The molecule has 13 rings (SSSR count). The Morgan fingerprint density at radius 1 is 0.317 bits per heavy atom. The van der Waals surface area contributed by atoms with Gasteiger partial charge in [0, 0.05) is 73.9 Å². The van der Waals surface area contributed by atoms with E-state index in [9.17, 15) is 0 Å². The predicted molar refractivity (Wildman–Crippen MR) is 262 cm³/mol. The molecule has 0 saturated heterocycles. The van der Waals surface area contributed by atoms with Crippen LogP contribution in [0.1, 0.15) is 0 Å². The Bertz CT molecular complexity index is 3680. The van der Waals surface area contributed by atoms with Gasteiger partial charge in [0.05, 0.1) is 11.0 Å². The van der Waals surface area contributed by atoms with Crippen LogP contribution in [0.4, 0.5) is 17.1 Å². The van der Waals surface area contributed by atoms with Crippen molar-refractivity contribution in [3.63, 3.8) is 0 Å². The fourth-order valence-electron chi connectivity index (χ4n) is 9.52. The van der Waals surface area contributed by atoms with Crippen molar-refractivity contribution in [3.05, 3.63) is 206 Å². The number of nitrogens with zero attached hydrogens (tertiary/aromatic N) is 2. The van der Waals surface area contributed by atoms with Crippen molar-refractivity contribution in [2.24, 2.45) is 0 Å². The Morgan fingerprint density at radius 2 is 0.800 bits per heavy atom. The average molecular weight is 799 g/mol. The second kappa shape index (κ2) is 13.1. The molecule has 0 radical (unpaired) electrons. The van der Waals surface area contributed by atoms with Crippen LogP contribution >= 0.6 is 22.7 Å². The molecule has 0 unspecified atom stereocenters. The van der Waals surface area contributed by atoms with Gasteiger partial charge in [-0.05, 0) is 93.3 Å². The topological polar surface area (TPSA) is 8.17 Å². The van der Waals surface area contributed by atoms with Crippen LogP contribution < -0.4 is 4.90 Å². The summed E-state index contributed by atoms with van der Waals surface area (Å²) >= 11 is 3.79. The van der Waals surface area contributed by atoms with E-state index in [0.717, 1.165) is 17.1 Å². The lowest BCUT2D eigenvalue weighted by Gasteiger charge is -2.26. The Balaban J connectivity index is 0.970. The zero-order valence-electron chi connectivity index (χ0n) is 32.3. The Labute approximate surface area is 354 Å². The fraction of sp³-hybridized carbons (Fsp3) is 0. The molecule has 0 spiro atoms. The van der Waals surface area contributed by atoms with Crippen molar-refractivity contribution in [1.29, 1.82) is 0 Å². The summed E-state index contributed by atoms with van der Waals surface area (Å²) in [6, 6.07) is 76.1. The van der Waals surface area contributed by atoms with Crippen molar-refractivity contribution < 1.29 is 0 Å². The highest BCUT2D eigenvalue weighted by molar-refractivity contribution is 7.27. The van der Waals surface area contributed by atoms with E-state index in [1.807, 2.05) is 22.7 Å². The van der Waals surface area contributed by atoms with Crippen molar-refractivity contribution >= 4 is 123 Å². The van der Waals surface area contributed by atoms with Crippen LogP contribution in [0.25, 0.3) is 101 Å². The number of aromatic nitrogens is 1. The number of hydrogen-bond donors (Lipinski definition) is 0. The molecule has 0 N–H and O–H groups in total. The molecule has 0 fully saturated rings.